The van der Waals surface area contributed by atoms with Crippen LogP contribution in [0.4, 0.5) is 13.9 Å². The van der Waals surface area contributed by atoms with Crippen LogP contribution in [-0.2, 0) is 4.79 Å². The zero-order valence-corrected chi connectivity index (χ0v) is 11.6. The number of thiazole rings is 1. The largest absolute Gasteiger partial charge is 0.350 e. The number of alkyl halides is 2. The first kappa shape index (κ1) is 14.2. The van der Waals surface area contributed by atoms with Crippen LogP contribution in [0.2, 0.25) is 0 Å². The van der Waals surface area contributed by atoms with Crippen molar-refractivity contribution in [3.63, 3.8) is 0 Å². The van der Waals surface area contributed by atoms with E-state index in [-0.39, 0.29) is 11.8 Å². The van der Waals surface area contributed by atoms with Crippen LogP contribution in [0.3, 0.4) is 0 Å². The fraction of sp³-hybridized carbons (Fsp3) is 0.667. The Morgan fingerprint density at radius 2 is 2.47 bits per heavy atom. The van der Waals surface area contributed by atoms with Crippen LogP contribution in [0.25, 0.3) is 0 Å². The Bertz CT molecular complexity index is 438. The van der Waals surface area contributed by atoms with Gasteiger partial charge in [-0.05, 0) is 19.8 Å². The number of anilines is 1. The van der Waals surface area contributed by atoms with Gasteiger partial charge in [0.25, 0.3) is 6.43 Å². The van der Waals surface area contributed by atoms with E-state index in [9.17, 15) is 13.6 Å². The van der Waals surface area contributed by atoms with Crippen molar-refractivity contribution in [2.24, 2.45) is 5.92 Å². The number of carbonyl (C=O) groups excluding carboxylic acids is 1. The maximum atomic E-state index is 12.1. The molecule has 0 saturated carbocycles. The van der Waals surface area contributed by atoms with E-state index >= 15 is 0 Å². The number of nitrogens with one attached hydrogen (secondary N) is 1. The average molecular weight is 289 g/mol. The summed E-state index contributed by atoms with van der Waals surface area (Å²) in [4.78, 5) is 19.3. The lowest BCUT2D eigenvalue weighted by atomic mass is 9.97. The molecule has 106 valence electrons. The van der Waals surface area contributed by atoms with Crippen LogP contribution in [0.15, 0.2) is 6.20 Å². The number of rotatable bonds is 4. The molecule has 0 bridgehead atoms. The fourth-order valence-electron chi connectivity index (χ4n) is 2.18. The molecule has 1 aliphatic heterocycles. The summed E-state index contributed by atoms with van der Waals surface area (Å²) in [6.45, 7) is 2.84. The highest BCUT2D eigenvalue weighted by atomic mass is 32.1. The van der Waals surface area contributed by atoms with Crippen molar-refractivity contribution >= 4 is 22.4 Å². The van der Waals surface area contributed by atoms with Crippen LogP contribution < -0.4 is 10.2 Å². The second-order valence-corrected chi connectivity index (χ2v) is 5.89. The van der Waals surface area contributed by atoms with Crippen molar-refractivity contribution in [1.82, 2.24) is 10.3 Å². The molecule has 1 aliphatic rings. The molecule has 1 aromatic heterocycles. The molecule has 2 rings (SSSR count). The predicted molar refractivity (Wildman–Crippen MR) is 70.8 cm³/mol. The van der Waals surface area contributed by atoms with Gasteiger partial charge in [-0.2, -0.15) is 0 Å². The predicted octanol–water partition coefficient (Wildman–Crippen LogP) is 2.05. The Hall–Kier alpha value is -1.24. The van der Waals surface area contributed by atoms with Gasteiger partial charge in [0.05, 0.1) is 12.5 Å². The summed E-state index contributed by atoms with van der Waals surface area (Å²) in [5, 5.41) is 3.20. The molecule has 19 heavy (non-hydrogen) atoms. The second-order valence-electron chi connectivity index (χ2n) is 4.67. The first-order valence-corrected chi connectivity index (χ1v) is 7.11. The number of piperidine rings is 1. The van der Waals surface area contributed by atoms with Gasteiger partial charge in [0.2, 0.25) is 5.91 Å². The van der Waals surface area contributed by atoms with Gasteiger partial charge in [0.15, 0.2) is 5.13 Å². The summed E-state index contributed by atoms with van der Waals surface area (Å²) >= 11 is 1.59. The third kappa shape index (κ3) is 3.86. The summed E-state index contributed by atoms with van der Waals surface area (Å²) in [6, 6.07) is 0. The third-order valence-corrected chi connectivity index (χ3v) is 4.08. The van der Waals surface area contributed by atoms with E-state index in [1.54, 1.807) is 17.5 Å². The molecule has 4 nitrogen and oxygen atoms in total. The fourth-order valence-corrected chi connectivity index (χ4v) is 2.97. The lowest BCUT2D eigenvalue weighted by molar-refractivity contribution is -0.125. The Morgan fingerprint density at radius 3 is 3.11 bits per heavy atom. The van der Waals surface area contributed by atoms with Crippen molar-refractivity contribution in [1.29, 1.82) is 0 Å². The highest BCUT2D eigenvalue weighted by molar-refractivity contribution is 7.15. The van der Waals surface area contributed by atoms with Crippen LogP contribution in [0.1, 0.15) is 17.7 Å². The number of carbonyl (C=O) groups is 1. The van der Waals surface area contributed by atoms with Crippen molar-refractivity contribution in [2.75, 3.05) is 24.5 Å². The van der Waals surface area contributed by atoms with Gasteiger partial charge in [0, 0.05) is 24.2 Å². The number of hydrogen-bond donors (Lipinski definition) is 1. The molecular weight excluding hydrogens is 272 g/mol. The molecule has 0 spiro atoms. The lowest BCUT2D eigenvalue weighted by Gasteiger charge is -2.31. The van der Waals surface area contributed by atoms with E-state index in [4.69, 9.17) is 0 Å². The van der Waals surface area contributed by atoms with E-state index in [1.165, 1.54) is 0 Å². The van der Waals surface area contributed by atoms with Gasteiger partial charge in [-0.3, -0.25) is 4.79 Å². The summed E-state index contributed by atoms with van der Waals surface area (Å²) in [7, 11) is 0. The molecule has 1 aromatic rings. The van der Waals surface area contributed by atoms with Gasteiger partial charge >= 0.3 is 0 Å². The van der Waals surface area contributed by atoms with Gasteiger partial charge in [-0.1, -0.05) is 0 Å². The van der Waals surface area contributed by atoms with Gasteiger partial charge in [-0.25, -0.2) is 13.8 Å². The smallest absolute Gasteiger partial charge is 0.255 e. The molecular formula is C12H17F2N3OS. The minimum atomic E-state index is -2.50. The number of aromatic nitrogens is 1. The van der Waals surface area contributed by atoms with E-state index in [0.29, 0.717) is 6.54 Å². The van der Waals surface area contributed by atoms with E-state index in [0.717, 1.165) is 29.4 Å². The molecule has 2 heterocycles. The topological polar surface area (TPSA) is 45.2 Å². The molecule has 1 unspecified atom stereocenters. The highest BCUT2D eigenvalue weighted by Gasteiger charge is 2.27. The Balaban J connectivity index is 1.91. The number of aryl methyl sites for hydroxylation is 1. The minimum absolute atomic E-state index is 0.225. The van der Waals surface area contributed by atoms with Crippen LogP contribution in [0, 0.1) is 12.8 Å². The monoisotopic (exact) mass is 289 g/mol. The van der Waals surface area contributed by atoms with Gasteiger partial charge in [-0.15, -0.1) is 11.3 Å². The first-order valence-electron chi connectivity index (χ1n) is 6.29. The highest BCUT2D eigenvalue weighted by Crippen LogP contribution is 2.27. The Labute approximate surface area is 114 Å². The van der Waals surface area contributed by atoms with Gasteiger partial charge < -0.3 is 10.2 Å². The maximum absolute atomic E-state index is 12.1. The molecule has 1 N–H and O–H groups in total. The molecule has 0 radical (unpaired) electrons. The van der Waals surface area contributed by atoms with E-state index in [2.05, 4.69) is 15.2 Å². The van der Waals surface area contributed by atoms with Crippen LogP contribution >= 0.6 is 11.3 Å². The van der Waals surface area contributed by atoms with Crippen LogP contribution in [0.5, 0.6) is 0 Å². The maximum Gasteiger partial charge on any atom is 0.255 e. The summed E-state index contributed by atoms with van der Waals surface area (Å²) in [5.74, 6) is -0.505. The number of halogens is 2. The molecule has 1 saturated heterocycles. The standard InChI is InChI=1S/C12H17F2N3OS/c1-8-5-16-12(19-8)17-4-2-3-9(7-17)11(18)15-6-10(13)14/h5,9-10H,2-4,6-7H2,1H3,(H,15,18). The summed E-state index contributed by atoms with van der Waals surface area (Å²) < 4.78 is 24.1. The molecule has 1 fully saturated rings. The Kier molecular flexibility index (Phi) is 4.68. The van der Waals surface area contributed by atoms with Crippen LogP contribution in [-0.4, -0.2) is 37.0 Å². The summed E-state index contributed by atoms with van der Waals surface area (Å²) in [6.07, 6.45) is 0.937. The Morgan fingerprint density at radius 1 is 1.68 bits per heavy atom. The molecule has 0 aromatic carbocycles. The van der Waals surface area contributed by atoms with Gasteiger partial charge in [0.1, 0.15) is 0 Å². The lowest BCUT2D eigenvalue weighted by Crippen LogP contribution is -2.44. The number of nitrogens with zero attached hydrogens (tertiary/aromatic N) is 2. The SMILES string of the molecule is Cc1cnc(N2CCCC(C(=O)NCC(F)F)C2)s1. The second kappa shape index (κ2) is 6.27. The molecule has 1 atom stereocenters. The molecule has 1 amide bonds. The first-order chi connectivity index (χ1) is 9.06. The molecule has 7 heteroatoms. The quantitative estimate of drug-likeness (QED) is 0.922. The minimum Gasteiger partial charge on any atom is -0.350 e. The van der Waals surface area contributed by atoms with Crippen molar-refractivity contribution in [3.8, 4) is 0 Å². The van der Waals surface area contributed by atoms with E-state index in [1.807, 2.05) is 6.92 Å². The zero-order valence-electron chi connectivity index (χ0n) is 10.7. The average Bonchev–Trinajstić information content (AvgIpc) is 2.83. The zero-order chi connectivity index (χ0) is 13.8. The number of amides is 1. The van der Waals surface area contributed by atoms with Crippen molar-refractivity contribution < 1.29 is 13.6 Å². The summed E-state index contributed by atoms with van der Waals surface area (Å²) in [5.41, 5.74) is 0. The van der Waals surface area contributed by atoms with Crippen molar-refractivity contribution in [3.05, 3.63) is 11.1 Å². The molecule has 0 aliphatic carbocycles. The van der Waals surface area contributed by atoms with Crippen molar-refractivity contribution in [2.45, 2.75) is 26.2 Å². The van der Waals surface area contributed by atoms with E-state index < -0.39 is 13.0 Å². The normalized spacial score (nSPS) is 19.8. The third-order valence-electron chi connectivity index (χ3n) is 3.10. The number of hydrogen-bond acceptors (Lipinski definition) is 4.